The van der Waals surface area contributed by atoms with Crippen molar-refractivity contribution in [3.63, 3.8) is 0 Å². The lowest BCUT2D eigenvalue weighted by molar-refractivity contribution is -0.118. The number of rotatable bonds is 3. The molecule has 5 nitrogen and oxygen atoms in total. The van der Waals surface area contributed by atoms with Crippen molar-refractivity contribution in [3.05, 3.63) is 90.0 Å². The fraction of sp³-hybridized carbons (Fsp3) is 0.208. The summed E-state index contributed by atoms with van der Waals surface area (Å²) in [6.07, 6.45) is 0.177. The van der Waals surface area contributed by atoms with E-state index in [0.29, 0.717) is 5.69 Å². The number of hydrogen-bond donors (Lipinski definition) is 1. The predicted octanol–water partition coefficient (Wildman–Crippen LogP) is 4.11. The zero-order chi connectivity index (χ0) is 20.9. The molecule has 0 radical (unpaired) electrons. The van der Waals surface area contributed by atoms with E-state index in [-0.39, 0.29) is 29.1 Å². The average molecular weight is 419 g/mol. The van der Waals surface area contributed by atoms with Crippen LogP contribution in [0.4, 0.5) is 11.4 Å². The maximum atomic E-state index is 13.7. The first-order valence-corrected chi connectivity index (χ1v) is 11.4. The van der Waals surface area contributed by atoms with Gasteiger partial charge >= 0.3 is 0 Å². The summed E-state index contributed by atoms with van der Waals surface area (Å²) in [5.41, 5.74) is 3.22. The van der Waals surface area contributed by atoms with Crippen LogP contribution in [-0.2, 0) is 14.8 Å². The number of carbonyl (C=O) groups excluding carboxylic acids is 1. The predicted molar refractivity (Wildman–Crippen MR) is 117 cm³/mol. The van der Waals surface area contributed by atoms with Gasteiger partial charge in [0.15, 0.2) is 0 Å². The molecule has 5 rings (SSSR count). The number of hydrogen-bond acceptors (Lipinski definition) is 4. The first-order valence-electron chi connectivity index (χ1n) is 10.0. The SMILES string of the molecule is Cc1ccc(S(=O)(=O)N2c3ccccc3NC3C(c4ccccc4)C(=O)CC32)cc1. The molecule has 3 atom stereocenters. The molecule has 1 saturated carbocycles. The zero-order valence-corrected chi connectivity index (χ0v) is 17.3. The third-order valence-electron chi connectivity index (χ3n) is 6.03. The summed E-state index contributed by atoms with van der Waals surface area (Å²) in [4.78, 5) is 13.3. The number of nitrogens with zero attached hydrogens (tertiary/aromatic N) is 1. The Kier molecular flexibility index (Phi) is 4.40. The van der Waals surface area contributed by atoms with Crippen LogP contribution in [0.25, 0.3) is 0 Å². The second-order valence-corrected chi connectivity index (χ2v) is 9.74. The highest BCUT2D eigenvalue weighted by molar-refractivity contribution is 7.92. The molecule has 1 aliphatic carbocycles. The van der Waals surface area contributed by atoms with Crippen molar-refractivity contribution in [1.29, 1.82) is 0 Å². The third kappa shape index (κ3) is 2.91. The second kappa shape index (κ2) is 6.99. The molecule has 30 heavy (non-hydrogen) atoms. The minimum atomic E-state index is -3.83. The Balaban J connectivity index is 1.65. The molecule has 6 heteroatoms. The standard InChI is InChI=1S/C24H22N2O3S/c1-16-11-13-18(14-12-16)30(28,29)26-20-10-6-5-9-19(20)25-24-21(26)15-22(27)23(24)17-7-3-2-4-8-17/h2-14,21,23-25H,15H2,1H3. The molecule has 3 aromatic rings. The molecule has 1 fully saturated rings. The van der Waals surface area contributed by atoms with Crippen LogP contribution >= 0.6 is 0 Å². The van der Waals surface area contributed by atoms with Gasteiger partial charge in [-0.3, -0.25) is 9.10 Å². The highest BCUT2D eigenvalue weighted by atomic mass is 32.2. The Labute approximate surface area is 176 Å². The average Bonchev–Trinajstić information content (AvgIpc) is 3.07. The first kappa shape index (κ1) is 18.9. The van der Waals surface area contributed by atoms with Crippen LogP contribution in [-0.4, -0.2) is 26.3 Å². The fourth-order valence-corrected chi connectivity index (χ4v) is 6.31. The van der Waals surface area contributed by atoms with E-state index >= 15 is 0 Å². The lowest BCUT2D eigenvalue weighted by Crippen LogP contribution is -2.52. The number of anilines is 2. The molecule has 0 amide bonds. The molecule has 0 saturated heterocycles. The molecule has 1 heterocycles. The van der Waals surface area contributed by atoms with E-state index < -0.39 is 16.1 Å². The highest BCUT2D eigenvalue weighted by Gasteiger charge is 2.52. The summed E-state index contributed by atoms with van der Waals surface area (Å²) in [6.45, 7) is 1.92. The number of ketones is 1. The van der Waals surface area contributed by atoms with Gasteiger partial charge in [0, 0.05) is 6.42 Å². The molecular weight excluding hydrogens is 396 g/mol. The Morgan fingerprint density at radius 2 is 1.57 bits per heavy atom. The summed E-state index contributed by atoms with van der Waals surface area (Å²) in [5, 5.41) is 3.47. The van der Waals surface area contributed by atoms with Gasteiger partial charge in [-0.25, -0.2) is 8.42 Å². The maximum absolute atomic E-state index is 13.7. The van der Waals surface area contributed by atoms with Crippen molar-refractivity contribution in [2.24, 2.45) is 0 Å². The second-order valence-electron chi connectivity index (χ2n) is 7.93. The van der Waals surface area contributed by atoms with Crippen molar-refractivity contribution in [3.8, 4) is 0 Å². The van der Waals surface area contributed by atoms with E-state index in [9.17, 15) is 13.2 Å². The molecule has 152 valence electrons. The lowest BCUT2D eigenvalue weighted by atomic mass is 9.91. The number of aryl methyl sites for hydroxylation is 1. The number of carbonyl (C=O) groups is 1. The fourth-order valence-electron chi connectivity index (χ4n) is 4.62. The molecule has 0 aromatic heterocycles. The van der Waals surface area contributed by atoms with E-state index in [4.69, 9.17) is 0 Å². The van der Waals surface area contributed by atoms with Gasteiger partial charge in [0.1, 0.15) is 5.78 Å². The maximum Gasteiger partial charge on any atom is 0.264 e. The number of sulfonamides is 1. The van der Waals surface area contributed by atoms with Gasteiger partial charge in [-0.1, -0.05) is 60.2 Å². The largest absolute Gasteiger partial charge is 0.377 e. The van der Waals surface area contributed by atoms with Gasteiger partial charge in [0.05, 0.1) is 34.3 Å². The smallest absolute Gasteiger partial charge is 0.264 e. The van der Waals surface area contributed by atoms with Crippen molar-refractivity contribution >= 4 is 27.2 Å². The van der Waals surface area contributed by atoms with Crippen LogP contribution in [0.5, 0.6) is 0 Å². The van der Waals surface area contributed by atoms with Gasteiger partial charge in [0.25, 0.3) is 10.0 Å². The van der Waals surface area contributed by atoms with Gasteiger partial charge in [0.2, 0.25) is 0 Å². The summed E-state index contributed by atoms with van der Waals surface area (Å²) in [6, 6.07) is 23.0. The first-order chi connectivity index (χ1) is 14.5. The van der Waals surface area contributed by atoms with Crippen molar-refractivity contribution in [1.82, 2.24) is 0 Å². The summed E-state index contributed by atoms with van der Waals surface area (Å²) >= 11 is 0. The summed E-state index contributed by atoms with van der Waals surface area (Å²) in [5.74, 6) is -0.333. The Hall–Kier alpha value is -3.12. The molecular formula is C24H22N2O3S. The number of nitrogens with one attached hydrogen (secondary N) is 1. The summed E-state index contributed by atoms with van der Waals surface area (Å²) < 4.78 is 28.9. The minimum Gasteiger partial charge on any atom is -0.377 e. The van der Waals surface area contributed by atoms with Crippen LogP contribution < -0.4 is 9.62 Å². The van der Waals surface area contributed by atoms with Gasteiger partial charge in [-0.05, 0) is 36.8 Å². The molecule has 2 aliphatic rings. The van der Waals surface area contributed by atoms with Gasteiger partial charge in [-0.15, -0.1) is 0 Å². The van der Waals surface area contributed by atoms with Crippen LogP contribution in [0, 0.1) is 6.92 Å². The Bertz CT molecular complexity index is 1210. The summed E-state index contributed by atoms with van der Waals surface area (Å²) in [7, 11) is -3.83. The van der Waals surface area contributed by atoms with E-state index in [1.54, 1.807) is 30.3 Å². The van der Waals surface area contributed by atoms with E-state index in [0.717, 1.165) is 16.8 Å². The van der Waals surface area contributed by atoms with Gasteiger partial charge < -0.3 is 5.32 Å². The topological polar surface area (TPSA) is 66.5 Å². The Morgan fingerprint density at radius 1 is 0.900 bits per heavy atom. The van der Waals surface area contributed by atoms with Crippen LogP contribution in [0.1, 0.15) is 23.5 Å². The number of Topliss-reactive ketones (excluding diaryl/α,β-unsaturated/α-hetero) is 1. The molecule has 0 spiro atoms. The number of benzene rings is 3. The van der Waals surface area contributed by atoms with Crippen molar-refractivity contribution in [2.45, 2.75) is 36.2 Å². The minimum absolute atomic E-state index is 0.0561. The van der Waals surface area contributed by atoms with Crippen LogP contribution in [0.3, 0.4) is 0 Å². The lowest BCUT2D eigenvalue weighted by Gasteiger charge is -2.41. The van der Waals surface area contributed by atoms with E-state index in [2.05, 4.69) is 5.32 Å². The molecule has 3 aromatic carbocycles. The Morgan fingerprint density at radius 3 is 2.30 bits per heavy atom. The zero-order valence-electron chi connectivity index (χ0n) is 16.5. The molecule has 1 aliphatic heterocycles. The van der Waals surface area contributed by atoms with Crippen molar-refractivity contribution in [2.75, 3.05) is 9.62 Å². The van der Waals surface area contributed by atoms with Crippen LogP contribution in [0.2, 0.25) is 0 Å². The van der Waals surface area contributed by atoms with Crippen LogP contribution in [0.15, 0.2) is 83.8 Å². The quantitative estimate of drug-likeness (QED) is 0.695. The van der Waals surface area contributed by atoms with Gasteiger partial charge in [-0.2, -0.15) is 0 Å². The number of para-hydroxylation sites is 2. The van der Waals surface area contributed by atoms with E-state index in [1.165, 1.54) is 4.31 Å². The molecule has 0 bridgehead atoms. The molecule has 3 unspecified atom stereocenters. The number of fused-ring (bicyclic) bond motifs is 2. The normalized spacial score (nSPS) is 22.9. The van der Waals surface area contributed by atoms with E-state index in [1.807, 2.05) is 55.5 Å². The van der Waals surface area contributed by atoms with Crippen molar-refractivity contribution < 1.29 is 13.2 Å². The molecule has 1 N–H and O–H groups in total. The monoisotopic (exact) mass is 418 g/mol. The third-order valence-corrected chi connectivity index (χ3v) is 7.89. The highest BCUT2D eigenvalue weighted by Crippen LogP contribution is 2.46.